The molecular weight excluding hydrogens is 471 g/mol. The summed E-state index contributed by atoms with van der Waals surface area (Å²) < 4.78 is 25.5. The first-order chi connectivity index (χ1) is 17.9. The number of aromatic nitrogens is 3. The van der Waals surface area contributed by atoms with E-state index < -0.39 is 0 Å². The first-order valence-electron chi connectivity index (χ1n) is 13.3. The Balaban J connectivity index is 1.18. The van der Waals surface area contributed by atoms with Crippen LogP contribution in [0.25, 0.3) is 11.1 Å². The maximum absolute atomic E-state index is 14.4. The summed E-state index contributed by atoms with van der Waals surface area (Å²) in [4.78, 5) is 13.8. The topological polar surface area (TPSA) is 79.5 Å². The molecule has 3 fully saturated rings. The fourth-order valence-corrected chi connectivity index (χ4v) is 6.19. The largest absolute Gasteiger partial charge is 0.381 e. The van der Waals surface area contributed by atoms with Gasteiger partial charge in [0.15, 0.2) is 5.82 Å². The lowest BCUT2D eigenvalue weighted by Crippen LogP contribution is -2.72. The van der Waals surface area contributed by atoms with Gasteiger partial charge in [0.2, 0.25) is 0 Å². The lowest BCUT2D eigenvalue weighted by Gasteiger charge is -2.61. The van der Waals surface area contributed by atoms with Gasteiger partial charge in [0.05, 0.1) is 11.9 Å². The number of anilines is 3. The maximum atomic E-state index is 14.4. The summed E-state index contributed by atoms with van der Waals surface area (Å²) in [6, 6.07) is 4.76. The minimum Gasteiger partial charge on any atom is -0.381 e. The van der Waals surface area contributed by atoms with E-state index in [1.165, 1.54) is 31.5 Å². The van der Waals surface area contributed by atoms with Gasteiger partial charge in [-0.1, -0.05) is 19.0 Å². The van der Waals surface area contributed by atoms with Crippen LogP contribution in [0.1, 0.15) is 44.1 Å². The summed E-state index contributed by atoms with van der Waals surface area (Å²) >= 11 is 0. The van der Waals surface area contributed by atoms with Crippen molar-refractivity contribution >= 4 is 17.2 Å². The maximum Gasteiger partial charge on any atom is 0.155 e. The van der Waals surface area contributed by atoms with Crippen LogP contribution in [-0.2, 0) is 4.74 Å². The van der Waals surface area contributed by atoms with Gasteiger partial charge < -0.3 is 24.4 Å². The third kappa shape index (κ3) is 4.70. The molecule has 0 aliphatic carbocycles. The third-order valence-corrected chi connectivity index (χ3v) is 7.95. The zero-order chi connectivity index (χ0) is 25.6. The van der Waals surface area contributed by atoms with Crippen molar-refractivity contribution in [1.82, 2.24) is 20.0 Å². The summed E-state index contributed by atoms with van der Waals surface area (Å²) in [5.74, 6) is 2.21. The highest BCUT2D eigenvalue weighted by atomic mass is 19.1. The van der Waals surface area contributed by atoms with Crippen LogP contribution in [0, 0.1) is 24.1 Å². The zero-order valence-corrected chi connectivity index (χ0v) is 21.8. The summed E-state index contributed by atoms with van der Waals surface area (Å²) in [7, 11) is 0. The van der Waals surface area contributed by atoms with Gasteiger partial charge >= 0.3 is 0 Å². The number of benzene rings is 1. The summed E-state index contributed by atoms with van der Waals surface area (Å²) in [6.07, 6.45) is 5.76. The second-order valence-electron chi connectivity index (χ2n) is 11.3. The van der Waals surface area contributed by atoms with Crippen LogP contribution in [0.4, 0.5) is 21.6 Å². The van der Waals surface area contributed by atoms with Crippen molar-refractivity contribution in [3.63, 3.8) is 0 Å². The molecule has 1 aromatic carbocycles. The Morgan fingerprint density at radius 3 is 2.68 bits per heavy atom. The fourth-order valence-electron chi connectivity index (χ4n) is 6.19. The molecule has 0 radical (unpaired) electrons. The number of likely N-dealkylation sites (tertiary alicyclic amines) is 1. The van der Waals surface area contributed by atoms with Crippen molar-refractivity contribution < 1.29 is 13.7 Å². The quantitative estimate of drug-likeness (QED) is 0.480. The van der Waals surface area contributed by atoms with Crippen molar-refractivity contribution in [2.24, 2.45) is 11.3 Å². The number of hydrogen-bond donors (Lipinski definition) is 1. The SMILES string of the molecule is Cc1noc(C(C)C)c1-c1cc(F)ccc1Nc1cncnc1N1CC2(CN(CC3CCOCC3)C2)C1. The second kappa shape index (κ2) is 9.68. The Kier molecular flexibility index (Phi) is 6.36. The summed E-state index contributed by atoms with van der Waals surface area (Å²) in [5.41, 5.74) is 4.23. The van der Waals surface area contributed by atoms with E-state index in [9.17, 15) is 4.39 Å². The van der Waals surface area contributed by atoms with E-state index in [0.29, 0.717) is 5.41 Å². The van der Waals surface area contributed by atoms with E-state index >= 15 is 0 Å². The van der Waals surface area contributed by atoms with Gasteiger partial charge in [-0.15, -0.1) is 0 Å². The molecule has 196 valence electrons. The van der Waals surface area contributed by atoms with Gasteiger partial charge in [-0.25, -0.2) is 14.4 Å². The van der Waals surface area contributed by atoms with E-state index in [1.54, 1.807) is 18.6 Å². The highest BCUT2D eigenvalue weighted by molar-refractivity contribution is 5.85. The lowest BCUT2D eigenvalue weighted by atomic mass is 9.72. The molecule has 8 nitrogen and oxygen atoms in total. The average molecular weight is 507 g/mol. The van der Waals surface area contributed by atoms with Crippen LogP contribution in [0.2, 0.25) is 0 Å². The Labute approximate surface area is 217 Å². The van der Waals surface area contributed by atoms with Crippen molar-refractivity contribution in [3.05, 3.63) is 48.0 Å². The molecule has 5 heterocycles. The Morgan fingerprint density at radius 2 is 1.92 bits per heavy atom. The molecule has 3 aromatic rings. The molecule has 1 spiro atoms. The molecule has 0 saturated carbocycles. The number of ether oxygens (including phenoxy) is 1. The van der Waals surface area contributed by atoms with Gasteiger partial charge in [0.1, 0.15) is 23.6 Å². The monoisotopic (exact) mass is 506 g/mol. The molecule has 0 atom stereocenters. The number of halogens is 1. The molecule has 0 bridgehead atoms. The number of nitrogens with one attached hydrogen (secondary N) is 1. The first-order valence-corrected chi connectivity index (χ1v) is 13.3. The van der Waals surface area contributed by atoms with Crippen molar-refractivity contribution in [2.45, 2.75) is 39.5 Å². The smallest absolute Gasteiger partial charge is 0.155 e. The number of rotatable bonds is 7. The molecule has 3 aliphatic rings. The second-order valence-corrected chi connectivity index (χ2v) is 11.3. The molecule has 0 unspecified atom stereocenters. The lowest BCUT2D eigenvalue weighted by molar-refractivity contribution is -0.0429. The van der Waals surface area contributed by atoms with Crippen LogP contribution in [0.5, 0.6) is 0 Å². The zero-order valence-electron chi connectivity index (χ0n) is 21.8. The molecule has 2 aromatic heterocycles. The van der Waals surface area contributed by atoms with Gasteiger partial charge in [-0.05, 0) is 43.9 Å². The predicted molar refractivity (Wildman–Crippen MR) is 141 cm³/mol. The van der Waals surface area contributed by atoms with Gasteiger partial charge in [-0.3, -0.25) is 0 Å². The average Bonchev–Trinajstić information content (AvgIpc) is 3.23. The third-order valence-electron chi connectivity index (χ3n) is 7.95. The van der Waals surface area contributed by atoms with Crippen molar-refractivity contribution in [2.75, 3.05) is 56.2 Å². The minimum atomic E-state index is -0.305. The Bertz CT molecular complexity index is 1260. The normalized spacial score (nSPS) is 19.8. The molecule has 37 heavy (non-hydrogen) atoms. The van der Waals surface area contributed by atoms with E-state index in [2.05, 4.69) is 30.2 Å². The van der Waals surface area contributed by atoms with Crippen LogP contribution in [0.3, 0.4) is 0 Å². The van der Waals surface area contributed by atoms with Crippen molar-refractivity contribution in [3.8, 4) is 11.1 Å². The molecule has 6 rings (SSSR count). The number of nitrogens with zero attached hydrogens (tertiary/aromatic N) is 5. The van der Waals surface area contributed by atoms with Gasteiger partial charge in [0, 0.05) is 74.1 Å². The number of hydrogen-bond acceptors (Lipinski definition) is 8. The molecule has 9 heteroatoms. The Morgan fingerprint density at radius 1 is 1.14 bits per heavy atom. The number of aryl methyl sites for hydroxylation is 1. The molecular formula is C28H35FN6O2. The van der Waals surface area contributed by atoms with Crippen LogP contribution in [-0.4, -0.2) is 66.0 Å². The van der Waals surface area contributed by atoms with E-state index in [-0.39, 0.29) is 11.7 Å². The minimum absolute atomic E-state index is 0.119. The van der Waals surface area contributed by atoms with Crippen LogP contribution < -0.4 is 10.2 Å². The summed E-state index contributed by atoms with van der Waals surface area (Å²) in [5, 5.41) is 7.67. The molecule has 3 aliphatic heterocycles. The Hall–Kier alpha value is -3.04. The van der Waals surface area contributed by atoms with Crippen LogP contribution >= 0.6 is 0 Å². The molecule has 1 N–H and O–H groups in total. The predicted octanol–water partition coefficient (Wildman–Crippen LogP) is 4.99. The van der Waals surface area contributed by atoms with Crippen molar-refractivity contribution in [1.29, 1.82) is 0 Å². The standard InChI is InChI=1S/C28H35FN6O2/c1-18(2)26-25(19(3)33-37-26)22-10-21(29)4-5-23(22)32-24-11-30-17-31-27(24)35-15-28(16-35)13-34(14-28)12-20-6-8-36-9-7-20/h4-5,10-11,17-18,20,32H,6-9,12-16H2,1-3H3. The molecule has 0 amide bonds. The van der Waals surface area contributed by atoms with E-state index in [1.807, 2.05) is 20.8 Å². The van der Waals surface area contributed by atoms with E-state index in [0.717, 1.165) is 85.1 Å². The fraction of sp³-hybridized carbons (Fsp3) is 0.536. The van der Waals surface area contributed by atoms with E-state index in [4.69, 9.17) is 9.26 Å². The molecule has 3 saturated heterocycles. The van der Waals surface area contributed by atoms with Gasteiger partial charge in [0.25, 0.3) is 0 Å². The van der Waals surface area contributed by atoms with Crippen LogP contribution in [0.15, 0.2) is 35.2 Å². The summed E-state index contributed by atoms with van der Waals surface area (Å²) in [6.45, 7) is 13.3. The highest BCUT2D eigenvalue weighted by Gasteiger charge is 2.52. The first kappa shape index (κ1) is 24.3. The van der Waals surface area contributed by atoms with Gasteiger partial charge in [-0.2, -0.15) is 0 Å². The highest BCUT2D eigenvalue weighted by Crippen LogP contribution is 2.45.